The lowest BCUT2D eigenvalue weighted by atomic mass is 9.96. The minimum absolute atomic E-state index is 1.22. The molecular formula is C24H20S. The van der Waals surface area contributed by atoms with Crippen LogP contribution < -0.4 is 0 Å². The Bertz CT molecular complexity index is 803. The van der Waals surface area contributed by atoms with Gasteiger partial charge in [0.15, 0.2) is 0 Å². The maximum absolute atomic E-state index is 2.24. The highest BCUT2D eigenvalue weighted by Crippen LogP contribution is 2.25. The Kier molecular flexibility index (Phi) is 6.38. The summed E-state index contributed by atoms with van der Waals surface area (Å²) >= 11 is 1.71. The third kappa shape index (κ3) is 5.30. The van der Waals surface area contributed by atoms with Gasteiger partial charge in [0.05, 0.1) is 0 Å². The van der Waals surface area contributed by atoms with E-state index in [0.717, 1.165) is 0 Å². The van der Waals surface area contributed by atoms with Crippen molar-refractivity contribution in [2.45, 2.75) is 0 Å². The average molecular weight is 340 g/mol. The minimum Gasteiger partial charge on any atom is -0.152 e. The molecule has 3 aromatic carbocycles. The Balaban J connectivity index is 0.000000314. The van der Waals surface area contributed by atoms with Gasteiger partial charge < -0.3 is 0 Å². The topological polar surface area (TPSA) is 0 Å². The largest absolute Gasteiger partial charge is 0.152 e. The van der Waals surface area contributed by atoms with Crippen molar-refractivity contribution >= 4 is 23.0 Å². The predicted octanol–water partition coefficient (Wildman–Crippen LogP) is 7.02. The molecule has 0 spiro atoms. The fourth-order valence-corrected chi connectivity index (χ4v) is 2.97. The van der Waals surface area contributed by atoms with E-state index in [1.807, 2.05) is 29.0 Å². The Labute approximate surface area is 153 Å². The lowest BCUT2D eigenvalue weighted by Crippen LogP contribution is -1.87. The Morgan fingerprint density at radius 1 is 0.520 bits per heavy atom. The molecule has 0 bridgehead atoms. The van der Waals surface area contributed by atoms with Gasteiger partial charge in [-0.3, -0.25) is 0 Å². The van der Waals surface area contributed by atoms with Crippen LogP contribution in [0, 0.1) is 0 Å². The van der Waals surface area contributed by atoms with Crippen molar-refractivity contribution in [3.8, 4) is 0 Å². The average Bonchev–Trinajstić information content (AvgIpc) is 3.28. The molecule has 0 aliphatic rings. The molecule has 0 aliphatic carbocycles. The van der Waals surface area contributed by atoms with E-state index in [4.69, 9.17) is 0 Å². The SMILES string of the molecule is C(=C(c1ccccc1)c1ccccc1)c1ccccc1.c1ccsc1. The van der Waals surface area contributed by atoms with Crippen LogP contribution in [-0.4, -0.2) is 0 Å². The van der Waals surface area contributed by atoms with Crippen molar-refractivity contribution in [3.05, 3.63) is 131 Å². The number of thiophene rings is 1. The summed E-state index contributed by atoms with van der Waals surface area (Å²) in [7, 11) is 0. The van der Waals surface area contributed by atoms with E-state index in [1.54, 1.807) is 11.3 Å². The maximum atomic E-state index is 2.24. The molecule has 0 saturated carbocycles. The third-order valence-corrected chi connectivity index (χ3v) is 4.33. The summed E-state index contributed by atoms with van der Waals surface area (Å²) in [6, 6.07) is 35.5. The molecule has 0 saturated heterocycles. The minimum atomic E-state index is 1.22. The van der Waals surface area contributed by atoms with Gasteiger partial charge in [0.1, 0.15) is 0 Å². The second kappa shape index (κ2) is 9.41. The zero-order valence-electron chi connectivity index (χ0n) is 14.0. The van der Waals surface area contributed by atoms with Gasteiger partial charge in [-0.05, 0) is 39.1 Å². The van der Waals surface area contributed by atoms with Gasteiger partial charge in [0.25, 0.3) is 0 Å². The number of benzene rings is 3. The van der Waals surface area contributed by atoms with Crippen molar-refractivity contribution in [2.24, 2.45) is 0 Å². The van der Waals surface area contributed by atoms with E-state index in [1.165, 1.54) is 22.3 Å². The molecule has 0 fully saturated rings. The van der Waals surface area contributed by atoms with Crippen LogP contribution in [-0.2, 0) is 0 Å². The number of hydrogen-bond donors (Lipinski definition) is 0. The second-order valence-corrected chi connectivity index (χ2v) is 6.31. The number of hydrogen-bond acceptors (Lipinski definition) is 1. The lowest BCUT2D eigenvalue weighted by Gasteiger charge is -2.08. The maximum Gasteiger partial charge on any atom is -0.00934 e. The molecule has 1 heteroatoms. The molecule has 0 aliphatic heterocycles. The second-order valence-electron chi connectivity index (χ2n) is 5.49. The van der Waals surface area contributed by atoms with E-state index in [9.17, 15) is 0 Å². The molecule has 4 aromatic rings. The Morgan fingerprint density at radius 3 is 1.36 bits per heavy atom. The quantitative estimate of drug-likeness (QED) is 0.351. The molecule has 0 amide bonds. The number of rotatable bonds is 3. The molecule has 1 heterocycles. The van der Waals surface area contributed by atoms with Gasteiger partial charge in [-0.25, -0.2) is 0 Å². The summed E-state index contributed by atoms with van der Waals surface area (Å²) in [4.78, 5) is 0. The Hall–Kier alpha value is -2.90. The van der Waals surface area contributed by atoms with Gasteiger partial charge >= 0.3 is 0 Å². The summed E-state index contributed by atoms with van der Waals surface area (Å²) in [6.07, 6.45) is 2.24. The van der Waals surface area contributed by atoms with E-state index in [2.05, 4.69) is 91.0 Å². The van der Waals surface area contributed by atoms with Crippen LogP contribution >= 0.6 is 11.3 Å². The van der Waals surface area contributed by atoms with Crippen LogP contribution in [0.25, 0.3) is 11.6 Å². The molecule has 0 atom stereocenters. The molecule has 0 nitrogen and oxygen atoms in total. The van der Waals surface area contributed by atoms with Crippen LogP contribution in [0.1, 0.15) is 16.7 Å². The smallest absolute Gasteiger partial charge is 0.00934 e. The first-order chi connectivity index (χ1) is 12.4. The molecule has 25 heavy (non-hydrogen) atoms. The van der Waals surface area contributed by atoms with E-state index < -0.39 is 0 Å². The zero-order valence-corrected chi connectivity index (χ0v) is 14.8. The molecule has 0 unspecified atom stereocenters. The van der Waals surface area contributed by atoms with Crippen LogP contribution in [0.2, 0.25) is 0 Å². The van der Waals surface area contributed by atoms with Crippen molar-refractivity contribution in [3.63, 3.8) is 0 Å². The van der Waals surface area contributed by atoms with Crippen molar-refractivity contribution in [1.82, 2.24) is 0 Å². The fourth-order valence-electron chi connectivity index (χ4n) is 2.51. The Morgan fingerprint density at radius 2 is 0.960 bits per heavy atom. The summed E-state index contributed by atoms with van der Waals surface area (Å²) in [5, 5.41) is 4.08. The van der Waals surface area contributed by atoms with Crippen LogP contribution in [0.15, 0.2) is 114 Å². The lowest BCUT2D eigenvalue weighted by molar-refractivity contribution is 1.55. The van der Waals surface area contributed by atoms with E-state index >= 15 is 0 Å². The molecule has 122 valence electrons. The van der Waals surface area contributed by atoms with Crippen LogP contribution in [0.4, 0.5) is 0 Å². The molecular weight excluding hydrogens is 320 g/mol. The molecule has 0 N–H and O–H groups in total. The van der Waals surface area contributed by atoms with Crippen molar-refractivity contribution < 1.29 is 0 Å². The highest BCUT2D eigenvalue weighted by atomic mass is 32.1. The first-order valence-corrected chi connectivity index (χ1v) is 9.22. The van der Waals surface area contributed by atoms with E-state index in [-0.39, 0.29) is 0 Å². The van der Waals surface area contributed by atoms with Crippen molar-refractivity contribution in [1.29, 1.82) is 0 Å². The highest BCUT2D eigenvalue weighted by Gasteiger charge is 2.04. The molecule has 0 radical (unpaired) electrons. The monoisotopic (exact) mass is 340 g/mol. The van der Waals surface area contributed by atoms with Gasteiger partial charge in [0, 0.05) is 0 Å². The first kappa shape index (κ1) is 16.9. The first-order valence-electron chi connectivity index (χ1n) is 8.28. The van der Waals surface area contributed by atoms with Crippen LogP contribution in [0.5, 0.6) is 0 Å². The standard InChI is InChI=1S/C20H16.C4H4S/c1-4-10-17(11-5-1)16-20(18-12-6-2-7-13-18)19-14-8-3-9-15-19;1-2-4-5-3-1/h1-16H;1-4H. The van der Waals surface area contributed by atoms with Crippen LogP contribution in [0.3, 0.4) is 0 Å². The van der Waals surface area contributed by atoms with Gasteiger partial charge in [-0.1, -0.05) is 103 Å². The zero-order chi connectivity index (χ0) is 17.2. The van der Waals surface area contributed by atoms with E-state index in [0.29, 0.717) is 0 Å². The summed E-state index contributed by atoms with van der Waals surface area (Å²) in [6.45, 7) is 0. The van der Waals surface area contributed by atoms with Gasteiger partial charge in [-0.15, -0.1) is 0 Å². The fraction of sp³-hybridized carbons (Fsp3) is 0. The normalized spacial score (nSPS) is 9.60. The predicted molar refractivity (Wildman–Crippen MR) is 111 cm³/mol. The third-order valence-electron chi connectivity index (χ3n) is 3.71. The van der Waals surface area contributed by atoms with Gasteiger partial charge in [-0.2, -0.15) is 11.3 Å². The molecule has 1 aromatic heterocycles. The van der Waals surface area contributed by atoms with Crippen molar-refractivity contribution in [2.75, 3.05) is 0 Å². The van der Waals surface area contributed by atoms with Gasteiger partial charge in [0.2, 0.25) is 0 Å². The summed E-state index contributed by atoms with van der Waals surface area (Å²) in [5.41, 5.74) is 4.94. The highest BCUT2D eigenvalue weighted by molar-refractivity contribution is 7.07. The summed E-state index contributed by atoms with van der Waals surface area (Å²) < 4.78 is 0. The molecule has 4 rings (SSSR count). The summed E-state index contributed by atoms with van der Waals surface area (Å²) in [5.74, 6) is 0.